The van der Waals surface area contributed by atoms with Gasteiger partial charge in [0, 0.05) is 6.04 Å². The van der Waals surface area contributed by atoms with E-state index >= 15 is 0 Å². The summed E-state index contributed by atoms with van der Waals surface area (Å²) >= 11 is 0. The molecule has 84 valence electrons. The molecule has 0 amide bonds. The fourth-order valence-corrected chi connectivity index (χ4v) is 3.14. The molecule has 1 aliphatic carbocycles. The van der Waals surface area contributed by atoms with Crippen molar-refractivity contribution in [1.29, 1.82) is 0 Å². The van der Waals surface area contributed by atoms with E-state index in [1.165, 1.54) is 32.1 Å². The van der Waals surface area contributed by atoms with Gasteiger partial charge in [0.15, 0.2) is 0 Å². The van der Waals surface area contributed by atoms with Crippen molar-refractivity contribution in [3.8, 4) is 0 Å². The molecule has 1 aliphatic rings. The van der Waals surface area contributed by atoms with Crippen LogP contribution in [0.5, 0.6) is 0 Å². The molecule has 0 aromatic carbocycles. The Bertz CT molecular complexity index is 172. The van der Waals surface area contributed by atoms with Gasteiger partial charge in [0.25, 0.3) is 0 Å². The van der Waals surface area contributed by atoms with E-state index in [-0.39, 0.29) is 0 Å². The van der Waals surface area contributed by atoms with E-state index in [1.807, 2.05) is 0 Å². The molecular formula is C13H27N. The minimum atomic E-state index is 0.349. The predicted octanol–water partition coefficient (Wildman–Crippen LogP) is 3.58. The van der Waals surface area contributed by atoms with Gasteiger partial charge >= 0.3 is 0 Å². The van der Waals surface area contributed by atoms with E-state index in [4.69, 9.17) is 5.73 Å². The van der Waals surface area contributed by atoms with Gasteiger partial charge in [0.2, 0.25) is 0 Å². The van der Waals surface area contributed by atoms with Crippen molar-refractivity contribution in [3.63, 3.8) is 0 Å². The summed E-state index contributed by atoms with van der Waals surface area (Å²) in [5, 5.41) is 0. The molecule has 2 N–H and O–H groups in total. The Hall–Kier alpha value is -0.0400. The first-order valence-electron chi connectivity index (χ1n) is 6.17. The molecule has 1 fully saturated rings. The molecule has 1 rings (SSSR count). The highest BCUT2D eigenvalue weighted by molar-refractivity contribution is 4.84. The van der Waals surface area contributed by atoms with Crippen LogP contribution in [0.3, 0.4) is 0 Å². The highest BCUT2D eigenvalue weighted by Crippen LogP contribution is 2.42. The van der Waals surface area contributed by atoms with Crippen LogP contribution in [0.15, 0.2) is 0 Å². The van der Waals surface area contributed by atoms with Crippen LogP contribution in [0.4, 0.5) is 0 Å². The van der Waals surface area contributed by atoms with Crippen LogP contribution in [0.25, 0.3) is 0 Å². The average molecular weight is 197 g/mol. The van der Waals surface area contributed by atoms with Gasteiger partial charge in [-0.25, -0.2) is 0 Å². The third-order valence-electron chi connectivity index (χ3n) is 3.89. The van der Waals surface area contributed by atoms with E-state index in [1.54, 1.807) is 0 Å². The van der Waals surface area contributed by atoms with Crippen molar-refractivity contribution >= 4 is 0 Å². The van der Waals surface area contributed by atoms with Crippen molar-refractivity contribution in [3.05, 3.63) is 0 Å². The number of hydrogen-bond donors (Lipinski definition) is 1. The monoisotopic (exact) mass is 197 g/mol. The first-order chi connectivity index (χ1) is 6.42. The number of rotatable bonds is 3. The second-order valence-corrected chi connectivity index (χ2v) is 6.14. The van der Waals surface area contributed by atoms with Crippen LogP contribution in [0.1, 0.15) is 59.8 Å². The van der Waals surface area contributed by atoms with Crippen molar-refractivity contribution in [2.45, 2.75) is 65.8 Å². The van der Waals surface area contributed by atoms with Gasteiger partial charge in [-0.3, -0.25) is 0 Å². The minimum Gasteiger partial charge on any atom is -0.328 e. The lowest BCUT2D eigenvalue weighted by Gasteiger charge is -2.40. The normalized spacial score (nSPS) is 31.5. The zero-order valence-corrected chi connectivity index (χ0v) is 10.3. The molecule has 0 radical (unpaired) electrons. The molecule has 3 unspecified atom stereocenters. The topological polar surface area (TPSA) is 26.0 Å². The van der Waals surface area contributed by atoms with Gasteiger partial charge in [-0.15, -0.1) is 0 Å². The number of hydrogen-bond acceptors (Lipinski definition) is 1. The summed E-state index contributed by atoms with van der Waals surface area (Å²) in [5.74, 6) is 1.83. The molecule has 1 saturated carbocycles. The molecular weight excluding hydrogens is 170 g/mol. The summed E-state index contributed by atoms with van der Waals surface area (Å²) in [6, 6.07) is 0.349. The highest BCUT2D eigenvalue weighted by Gasteiger charge is 2.32. The largest absolute Gasteiger partial charge is 0.328 e. The van der Waals surface area contributed by atoms with Gasteiger partial charge in [0.05, 0.1) is 0 Å². The van der Waals surface area contributed by atoms with Crippen LogP contribution in [-0.4, -0.2) is 6.04 Å². The fourth-order valence-electron chi connectivity index (χ4n) is 3.14. The Labute approximate surface area is 89.5 Å². The third kappa shape index (κ3) is 3.27. The van der Waals surface area contributed by atoms with E-state index in [0.29, 0.717) is 11.5 Å². The SMILES string of the molecule is CC(N)CC(C)(C)C1CCCC(C)C1. The van der Waals surface area contributed by atoms with Crippen LogP contribution >= 0.6 is 0 Å². The molecule has 1 heteroatoms. The Balaban J connectivity index is 2.52. The van der Waals surface area contributed by atoms with Crippen molar-refractivity contribution in [2.75, 3.05) is 0 Å². The Morgan fingerprint density at radius 1 is 1.36 bits per heavy atom. The molecule has 3 atom stereocenters. The molecule has 0 aromatic rings. The van der Waals surface area contributed by atoms with Gasteiger partial charge in [0.1, 0.15) is 0 Å². The van der Waals surface area contributed by atoms with Gasteiger partial charge in [-0.05, 0) is 43.4 Å². The summed E-state index contributed by atoms with van der Waals surface area (Å²) in [6.45, 7) is 9.33. The molecule has 0 bridgehead atoms. The molecule has 0 saturated heterocycles. The van der Waals surface area contributed by atoms with Gasteiger partial charge < -0.3 is 5.73 Å². The maximum Gasteiger partial charge on any atom is 0.00156 e. The van der Waals surface area contributed by atoms with Gasteiger partial charge in [-0.2, -0.15) is 0 Å². The summed E-state index contributed by atoms with van der Waals surface area (Å²) in [6.07, 6.45) is 6.87. The molecule has 0 aromatic heterocycles. The van der Waals surface area contributed by atoms with Crippen LogP contribution in [0.2, 0.25) is 0 Å². The van der Waals surface area contributed by atoms with Crippen LogP contribution in [-0.2, 0) is 0 Å². The van der Waals surface area contributed by atoms with E-state index in [9.17, 15) is 0 Å². The highest BCUT2D eigenvalue weighted by atomic mass is 14.6. The van der Waals surface area contributed by atoms with Crippen LogP contribution in [0, 0.1) is 17.3 Å². The molecule has 0 aliphatic heterocycles. The lowest BCUT2D eigenvalue weighted by Crippen LogP contribution is -2.34. The van der Waals surface area contributed by atoms with Crippen molar-refractivity contribution in [2.24, 2.45) is 23.0 Å². The predicted molar refractivity (Wildman–Crippen MR) is 63.2 cm³/mol. The van der Waals surface area contributed by atoms with Crippen LogP contribution < -0.4 is 5.73 Å². The standard InChI is InChI=1S/C13H27N/c1-10-6-5-7-12(8-10)13(3,4)9-11(2)14/h10-12H,5-9,14H2,1-4H3. The molecule has 0 heterocycles. The van der Waals surface area contributed by atoms with E-state index in [2.05, 4.69) is 27.7 Å². The van der Waals surface area contributed by atoms with Crippen molar-refractivity contribution in [1.82, 2.24) is 0 Å². The zero-order valence-electron chi connectivity index (χ0n) is 10.3. The minimum absolute atomic E-state index is 0.349. The fraction of sp³-hybridized carbons (Fsp3) is 1.00. The Morgan fingerprint density at radius 3 is 2.50 bits per heavy atom. The van der Waals surface area contributed by atoms with Crippen molar-refractivity contribution < 1.29 is 0 Å². The average Bonchev–Trinajstić information content (AvgIpc) is 2.01. The summed E-state index contributed by atoms with van der Waals surface area (Å²) < 4.78 is 0. The maximum absolute atomic E-state index is 5.92. The quantitative estimate of drug-likeness (QED) is 0.735. The second-order valence-electron chi connectivity index (χ2n) is 6.14. The third-order valence-corrected chi connectivity index (χ3v) is 3.89. The Morgan fingerprint density at radius 2 is 2.00 bits per heavy atom. The first-order valence-corrected chi connectivity index (χ1v) is 6.17. The first kappa shape index (κ1) is 12.0. The summed E-state index contributed by atoms with van der Waals surface area (Å²) in [5.41, 5.74) is 6.37. The lowest BCUT2D eigenvalue weighted by atomic mass is 9.66. The summed E-state index contributed by atoms with van der Waals surface area (Å²) in [4.78, 5) is 0. The molecule has 0 spiro atoms. The van der Waals surface area contributed by atoms with Gasteiger partial charge in [-0.1, -0.05) is 33.6 Å². The Kier molecular flexibility index (Phi) is 4.00. The maximum atomic E-state index is 5.92. The van der Waals surface area contributed by atoms with E-state index < -0.39 is 0 Å². The zero-order chi connectivity index (χ0) is 10.8. The lowest BCUT2D eigenvalue weighted by molar-refractivity contribution is 0.115. The number of nitrogens with two attached hydrogens (primary N) is 1. The molecule has 1 nitrogen and oxygen atoms in total. The second kappa shape index (κ2) is 4.65. The smallest absolute Gasteiger partial charge is 0.00156 e. The summed E-state index contributed by atoms with van der Waals surface area (Å²) in [7, 11) is 0. The van der Waals surface area contributed by atoms with E-state index in [0.717, 1.165) is 11.8 Å². The molecule has 14 heavy (non-hydrogen) atoms.